The lowest BCUT2D eigenvalue weighted by molar-refractivity contribution is -0.384. The number of nitrogens with zero attached hydrogens (tertiary/aromatic N) is 1. The molecular formula is C14H18N2O8. The Labute approximate surface area is 136 Å². The molecule has 0 unspecified atom stereocenters. The zero-order valence-electron chi connectivity index (χ0n) is 12.7. The highest BCUT2D eigenvalue weighted by atomic mass is 16.7. The van der Waals surface area contributed by atoms with Gasteiger partial charge in [-0.15, -0.1) is 0 Å². The van der Waals surface area contributed by atoms with Crippen LogP contribution in [0.25, 0.3) is 0 Å². The first kappa shape index (κ1) is 18.1. The smallest absolute Gasteiger partial charge is 0.269 e. The third-order valence-electron chi connectivity index (χ3n) is 3.55. The lowest BCUT2D eigenvalue weighted by Crippen LogP contribution is -2.65. The molecule has 1 aromatic rings. The Kier molecular flexibility index (Phi) is 5.67. The average molecular weight is 342 g/mol. The van der Waals surface area contributed by atoms with Gasteiger partial charge in [-0.25, -0.2) is 0 Å². The molecule has 5 atom stereocenters. The van der Waals surface area contributed by atoms with Crippen LogP contribution in [0.1, 0.15) is 6.92 Å². The Morgan fingerprint density at radius 1 is 1.33 bits per heavy atom. The average Bonchev–Trinajstić information content (AvgIpc) is 2.54. The second kappa shape index (κ2) is 7.53. The van der Waals surface area contributed by atoms with Gasteiger partial charge < -0.3 is 30.1 Å². The van der Waals surface area contributed by atoms with Crippen LogP contribution in [0.2, 0.25) is 0 Å². The van der Waals surface area contributed by atoms with Crippen molar-refractivity contribution < 1.29 is 34.5 Å². The van der Waals surface area contributed by atoms with E-state index >= 15 is 0 Å². The summed E-state index contributed by atoms with van der Waals surface area (Å²) in [5.74, 6) is -0.282. The minimum atomic E-state index is -1.43. The molecule has 0 aromatic heterocycles. The van der Waals surface area contributed by atoms with Crippen LogP contribution in [0.3, 0.4) is 0 Å². The van der Waals surface area contributed by atoms with Gasteiger partial charge in [0.2, 0.25) is 12.2 Å². The monoisotopic (exact) mass is 342 g/mol. The minimum absolute atomic E-state index is 0.131. The molecule has 10 heteroatoms. The maximum absolute atomic E-state index is 11.3. The summed E-state index contributed by atoms with van der Waals surface area (Å²) in [6.07, 6.45) is -5.15. The fourth-order valence-electron chi connectivity index (χ4n) is 2.35. The molecule has 0 saturated carbocycles. The van der Waals surface area contributed by atoms with Crippen LogP contribution >= 0.6 is 0 Å². The van der Waals surface area contributed by atoms with Gasteiger partial charge in [-0.05, 0) is 12.1 Å². The van der Waals surface area contributed by atoms with Crippen molar-refractivity contribution in [2.75, 3.05) is 6.61 Å². The van der Waals surface area contributed by atoms with Gasteiger partial charge in [-0.3, -0.25) is 14.9 Å². The number of hydrogen-bond acceptors (Lipinski definition) is 8. The van der Waals surface area contributed by atoms with Crippen molar-refractivity contribution in [3.63, 3.8) is 0 Å². The van der Waals surface area contributed by atoms with Gasteiger partial charge in [0.05, 0.1) is 11.5 Å². The van der Waals surface area contributed by atoms with E-state index in [0.29, 0.717) is 0 Å². The molecule has 24 heavy (non-hydrogen) atoms. The number of benzene rings is 1. The van der Waals surface area contributed by atoms with Crippen molar-refractivity contribution in [2.45, 2.75) is 37.6 Å². The largest absolute Gasteiger partial charge is 0.463 e. The zero-order chi connectivity index (χ0) is 17.9. The first-order chi connectivity index (χ1) is 11.3. The van der Waals surface area contributed by atoms with E-state index in [1.165, 1.54) is 31.2 Å². The number of nitrogens with one attached hydrogen (secondary N) is 1. The van der Waals surface area contributed by atoms with Crippen molar-refractivity contribution in [1.82, 2.24) is 5.32 Å². The summed E-state index contributed by atoms with van der Waals surface area (Å²) in [5.41, 5.74) is -0.131. The van der Waals surface area contributed by atoms with Crippen molar-refractivity contribution in [1.29, 1.82) is 0 Å². The number of aliphatic hydroxyl groups excluding tert-OH is 3. The molecule has 2 rings (SSSR count). The molecule has 132 valence electrons. The number of ether oxygens (including phenoxy) is 2. The standard InChI is InChI=1S/C14H18N2O8/c1-7(18)15-11-13(20)12(19)10(6-17)24-14(11)23-9-4-2-8(3-5-9)16(21)22/h2-5,10-14,17,19-20H,6H2,1H3,(H,15,18)/t10-,11-,12-,13-,14+/m1/s1. The molecule has 10 nitrogen and oxygen atoms in total. The second-order valence-corrected chi connectivity index (χ2v) is 5.30. The molecule has 1 fully saturated rings. The highest BCUT2D eigenvalue weighted by molar-refractivity contribution is 5.73. The lowest BCUT2D eigenvalue weighted by atomic mass is 9.97. The van der Waals surface area contributed by atoms with Crippen LogP contribution in [-0.4, -0.2) is 63.4 Å². The number of hydrogen-bond donors (Lipinski definition) is 4. The molecule has 1 aromatic carbocycles. The highest BCUT2D eigenvalue weighted by Crippen LogP contribution is 2.25. The van der Waals surface area contributed by atoms with Crippen LogP contribution in [-0.2, 0) is 9.53 Å². The Bertz CT molecular complexity index is 593. The molecule has 4 N–H and O–H groups in total. The van der Waals surface area contributed by atoms with Crippen molar-refractivity contribution in [2.24, 2.45) is 0 Å². The molecule has 1 amide bonds. The number of rotatable bonds is 5. The predicted molar refractivity (Wildman–Crippen MR) is 79.1 cm³/mol. The van der Waals surface area contributed by atoms with E-state index in [9.17, 15) is 30.2 Å². The van der Waals surface area contributed by atoms with Crippen molar-refractivity contribution in [3.8, 4) is 5.75 Å². The van der Waals surface area contributed by atoms with Crippen LogP contribution in [0.4, 0.5) is 5.69 Å². The molecule has 1 saturated heterocycles. The molecule has 1 aliphatic heterocycles. The summed E-state index contributed by atoms with van der Waals surface area (Å²) in [7, 11) is 0. The SMILES string of the molecule is CC(=O)N[C@H]1[C@@H](Oc2ccc([N+](=O)[O-])cc2)O[C@H](CO)[C@@H](O)[C@@H]1O. The lowest BCUT2D eigenvalue weighted by Gasteiger charge is -2.42. The van der Waals surface area contributed by atoms with E-state index in [1.807, 2.05) is 0 Å². The topological polar surface area (TPSA) is 151 Å². The number of amides is 1. The fraction of sp³-hybridized carbons (Fsp3) is 0.500. The number of nitro benzene ring substituents is 1. The summed E-state index contributed by atoms with van der Waals surface area (Å²) in [5, 5.41) is 42.3. The molecule has 0 spiro atoms. The number of non-ortho nitro benzene ring substituents is 1. The summed E-state index contributed by atoms with van der Waals surface area (Å²) in [6.45, 7) is 0.658. The third-order valence-corrected chi connectivity index (χ3v) is 3.55. The Morgan fingerprint density at radius 3 is 2.46 bits per heavy atom. The van der Waals surface area contributed by atoms with Gasteiger partial charge in [-0.2, -0.15) is 0 Å². The Balaban J connectivity index is 2.19. The number of aliphatic hydroxyl groups is 3. The van der Waals surface area contributed by atoms with Gasteiger partial charge in [0, 0.05) is 19.1 Å². The molecule has 0 bridgehead atoms. The molecule has 0 aliphatic carbocycles. The van der Waals surface area contributed by atoms with Gasteiger partial charge in [0.15, 0.2) is 0 Å². The van der Waals surface area contributed by atoms with E-state index in [2.05, 4.69) is 5.32 Å². The van der Waals surface area contributed by atoms with Crippen molar-refractivity contribution >= 4 is 11.6 Å². The van der Waals surface area contributed by atoms with E-state index < -0.39 is 48.1 Å². The zero-order valence-corrected chi connectivity index (χ0v) is 12.7. The molecule has 1 aliphatic rings. The first-order valence-electron chi connectivity index (χ1n) is 7.14. The van der Waals surface area contributed by atoms with Gasteiger partial charge in [0.1, 0.15) is 30.1 Å². The van der Waals surface area contributed by atoms with E-state index in [-0.39, 0.29) is 11.4 Å². The molecule has 0 radical (unpaired) electrons. The van der Waals surface area contributed by atoms with Crippen LogP contribution in [0.5, 0.6) is 5.75 Å². The normalized spacial score (nSPS) is 29.8. The highest BCUT2D eigenvalue weighted by Gasteiger charge is 2.46. The van der Waals surface area contributed by atoms with Crippen molar-refractivity contribution in [3.05, 3.63) is 34.4 Å². The second-order valence-electron chi connectivity index (χ2n) is 5.30. The Hall–Kier alpha value is -2.27. The Morgan fingerprint density at radius 2 is 1.96 bits per heavy atom. The molecular weight excluding hydrogens is 324 g/mol. The maximum atomic E-state index is 11.3. The predicted octanol–water partition coefficient (Wildman–Crippen LogP) is -1.08. The minimum Gasteiger partial charge on any atom is -0.463 e. The maximum Gasteiger partial charge on any atom is 0.269 e. The van der Waals surface area contributed by atoms with Crippen LogP contribution < -0.4 is 10.1 Å². The van der Waals surface area contributed by atoms with E-state index in [4.69, 9.17) is 9.47 Å². The van der Waals surface area contributed by atoms with Crippen LogP contribution in [0, 0.1) is 10.1 Å². The van der Waals surface area contributed by atoms with Gasteiger partial charge in [-0.1, -0.05) is 0 Å². The van der Waals surface area contributed by atoms with E-state index in [0.717, 1.165) is 0 Å². The quantitative estimate of drug-likeness (QED) is 0.389. The number of carbonyl (C=O) groups excluding carboxylic acids is 1. The van der Waals surface area contributed by atoms with E-state index in [1.54, 1.807) is 0 Å². The first-order valence-corrected chi connectivity index (χ1v) is 7.14. The number of carbonyl (C=O) groups is 1. The van der Waals surface area contributed by atoms with Gasteiger partial charge >= 0.3 is 0 Å². The summed E-state index contributed by atoms with van der Waals surface area (Å²) < 4.78 is 10.9. The van der Waals surface area contributed by atoms with Crippen LogP contribution in [0.15, 0.2) is 24.3 Å². The summed E-state index contributed by atoms with van der Waals surface area (Å²) in [6, 6.07) is 4.02. The van der Waals surface area contributed by atoms with Gasteiger partial charge in [0.25, 0.3) is 5.69 Å². The third kappa shape index (κ3) is 3.97. The summed E-state index contributed by atoms with van der Waals surface area (Å²) in [4.78, 5) is 21.4. The molecule has 1 heterocycles. The fourth-order valence-corrected chi connectivity index (χ4v) is 2.35. The number of nitro groups is 1. The summed E-state index contributed by atoms with van der Waals surface area (Å²) >= 11 is 0.